The van der Waals surface area contributed by atoms with Gasteiger partial charge >= 0.3 is 0 Å². The maximum atomic E-state index is 9.22. The fourth-order valence-corrected chi connectivity index (χ4v) is 3.17. The zero-order valence-electron chi connectivity index (χ0n) is 13.4. The maximum absolute atomic E-state index is 9.22. The molecule has 1 aromatic heterocycles. The number of rotatable bonds is 4. The molecule has 5 nitrogen and oxygen atoms in total. The predicted molar refractivity (Wildman–Crippen MR) is 89.9 cm³/mol. The van der Waals surface area contributed by atoms with E-state index in [9.17, 15) is 5.26 Å². The average Bonchev–Trinajstić information content (AvgIpc) is 2.62. The van der Waals surface area contributed by atoms with Crippen LogP contribution in [-0.2, 0) is 6.54 Å². The number of nitrogens with zero attached hydrogens (tertiary/aromatic N) is 5. The highest BCUT2D eigenvalue weighted by Gasteiger charge is 2.25. The molecule has 118 valence electrons. The first kappa shape index (κ1) is 15.4. The van der Waals surface area contributed by atoms with Crippen molar-refractivity contribution in [1.82, 2.24) is 14.9 Å². The van der Waals surface area contributed by atoms with E-state index in [1.54, 1.807) is 12.4 Å². The third-order valence-corrected chi connectivity index (χ3v) is 4.40. The molecule has 1 aliphatic heterocycles. The smallest absolute Gasteiger partial charge is 0.183 e. The van der Waals surface area contributed by atoms with Crippen LogP contribution >= 0.6 is 0 Å². The van der Waals surface area contributed by atoms with E-state index in [1.165, 1.54) is 5.56 Å². The van der Waals surface area contributed by atoms with E-state index in [1.807, 2.05) is 13.1 Å². The first-order valence-electron chi connectivity index (χ1n) is 7.98. The molecule has 2 aromatic rings. The number of aromatic nitrogens is 2. The highest BCUT2D eigenvalue weighted by molar-refractivity contribution is 5.49. The lowest BCUT2D eigenvalue weighted by atomic mass is 10.0. The molecule has 0 spiro atoms. The van der Waals surface area contributed by atoms with E-state index >= 15 is 0 Å². The molecule has 3 rings (SSSR count). The molecule has 5 heteroatoms. The van der Waals surface area contributed by atoms with Gasteiger partial charge in [0.2, 0.25) is 0 Å². The van der Waals surface area contributed by atoms with Gasteiger partial charge in [0.25, 0.3) is 0 Å². The Balaban J connectivity index is 1.69. The zero-order valence-corrected chi connectivity index (χ0v) is 13.4. The first-order valence-corrected chi connectivity index (χ1v) is 7.98. The van der Waals surface area contributed by atoms with Gasteiger partial charge in [-0.15, -0.1) is 0 Å². The lowest BCUT2D eigenvalue weighted by molar-refractivity contribution is 0.198. The minimum atomic E-state index is 0.358. The molecule has 0 aliphatic carbocycles. The Bertz CT molecular complexity index is 679. The van der Waals surface area contributed by atoms with Crippen LogP contribution in [0.25, 0.3) is 0 Å². The van der Waals surface area contributed by atoms with E-state index in [0.717, 1.165) is 32.5 Å². The molecule has 0 radical (unpaired) electrons. The van der Waals surface area contributed by atoms with E-state index in [-0.39, 0.29) is 0 Å². The van der Waals surface area contributed by atoms with Crippen LogP contribution in [0.1, 0.15) is 24.1 Å². The second-order valence-electron chi connectivity index (χ2n) is 5.97. The van der Waals surface area contributed by atoms with E-state index < -0.39 is 0 Å². The van der Waals surface area contributed by atoms with Gasteiger partial charge in [-0.1, -0.05) is 30.3 Å². The minimum absolute atomic E-state index is 0.358. The van der Waals surface area contributed by atoms with Gasteiger partial charge in [0.1, 0.15) is 6.07 Å². The summed E-state index contributed by atoms with van der Waals surface area (Å²) in [6.07, 6.45) is 5.49. The number of nitriles is 1. The second-order valence-corrected chi connectivity index (χ2v) is 5.97. The highest BCUT2D eigenvalue weighted by atomic mass is 15.3. The van der Waals surface area contributed by atoms with Gasteiger partial charge in [0.05, 0.1) is 0 Å². The third kappa shape index (κ3) is 3.66. The summed E-state index contributed by atoms with van der Waals surface area (Å²) in [5, 5.41) is 9.22. The summed E-state index contributed by atoms with van der Waals surface area (Å²) in [4.78, 5) is 13.1. The van der Waals surface area contributed by atoms with Crippen molar-refractivity contribution in [2.75, 3.05) is 25.0 Å². The van der Waals surface area contributed by atoms with Crippen LogP contribution in [0.15, 0.2) is 42.7 Å². The lowest BCUT2D eigenvalue weighted by Crippen LogP contribution is -2.46. The summed E-state index contributed by atoms with van der Waals surface area (Å²) in [6.45, 7) is 3.06. The summed E-state index contributed by atoms with van der Waals surface area (Å²) in [5.41, 5.74) is 1.74. The number of piperidine rings is 1. The zero-order chi connectivity index (χ0) is 16.1. The monoisotopic (exact) mass is 307 g/mol. The molecule has 1 atom stereocenters. The molecule has 2 heterocycles. The first-order chi connectivity index (χ1) is 11.3. The Morgan fingerprint density at radius 2 is 2.04 bits per heavy atom. The number of likely N-dealkylation sites (N-methyl/N-ethyl adjacent to an activating group) is 1. The van der Waals surface area contributed by atoms with Crippen molar-refractivity contribution in [1.29, 1.82) is 5.26 Å². The van der Waals surface area contributed by atoms with Crippen molar-refractivity contribution in [2.24, 2.45) is 0 Å². The molecular formula is C18H21N5. The molecule has 1 aromatic carbocycles. The Labute approximate surface area is 137 Å². The van der Waals surface area contributed by atoms with Gasteiger partial charge in [0.15, 0.2) is 11.5 Å². The van der Waals surface area contributed by atoms with Crippen LogP contribution in [0.3, 0.4) is 0 Å². The molecule has 0 amide bonds. The van der Waals surface area contributed by atoms with Crippen molar-refractivity contribution in [3.8, 4) is 6.07 Å². The number of likely N-dealkylation sites (tertiary alicyclic amines) is 1. The minimum Gasteiger partial charge on any atom is -0.353 e. The SMILES string of the molecule is CN(c1nccnc1C#N)[C@@H]1CCCN(Cc2ccccc2)C1. The van der Waals surface area contributed by atoms with Gasteiger partial charge < -0.3 is 4.90 Å². The lowest BCUT2D eigenvalue weighted by Gasteiger charge is -2.38. The summed E-state index contributed by atoms with van der Waals surface area (Å²) in [5.74, 6) is 0.682. The normalized spacial score (nSPS) is 18.3. The summed E-state index contributed by atoms with van der Waals surface area (Å²) in [6, 6.07) is 13.1. The Kier molecular flexibility index (Phi) is 4.84. The number of hydrogen-bond acceptors (Lipinski definition) is 5. The molecule has 1 aliphatic rings. The van der Waals surface area contributed by atoms with Crippen LogP contribution in [0.5, 0.6) is 0 Å². The number of benzene rings is 1. The van der Waals surface area contributed by atoms with Crippen molar-refractivity contribution >= 4 is 5.82 Å². The van der Waals surface area contributed by atoms with Crippen molar-refractivity contribution in [2.45, 2.75) is 25.4 Å². The topological polar surface area (TPSA) is 56.1 Å². The Morgan fingerprint density at radius 1 is 1.26 bits per heavy atom. The average molecular weight is 307 g/mol. The van der Waals surface area contributed by atoms with E-state index in [2.05, 4.69) is 50.1 Å². The predicted octanol–water partition coefficient (Wildman–Crippen LogP) is 2.45. The van der Waals surface area contributed by atoms with Gasteiger partial charge in [-0.3, -0.25) is 4.90 Å². The van der Waals surface area contributed by atoms with E-state index in [4.69, 9.17) is 0 Å². The quantitative estimate of drug-likeness (QED) is 0.868. The molecule has 1 fully saturated rings. The fourth-order valence-electron chi connectivity index (χ4n) is 3.17. The second kappa shape index (κ2) is 7.21. The Hall–Kier alpha value is -2.45. The highest BCUT2D eigenvalue weighted by Crippen LogP contribution is 2.22. The third-order valence-electron chi connectivity index (χ3n) is 4.40. The van der Waals surface area contributed by atoms with Gasteiger partial charge in [-0.2, -0.15) is 5.26 Å². The summed E-state index contributed by atoms with van der Waals surface area (Å²) in [7, 11) is 2.02. The fraction of sp³-hybridized carbons (Fsp3) is 0.389. The van der Waals surface area contributed by atoms with Crippen molar-refractivity contribution in [3.05, 3.63) is 54.0 Å². The molecular weight excluding hydrogens is 286 g/mol. The van der Waals surface area contributed by atoms with Crippen LogP contribution < -0.4 is 4.90 Å². The van der Waals surface area contributed by atoms with Crippen molar-refractivity contribution < 1.29 is 0 Å². The van der Waals surface area contributed by atoms with Gasteiger partial charge in [-0.25, -0.2) is 9.97 Å². The molecule has 1 saturated heterocycles. The largest absolute Gasteiger partial charge is 0.353 e. The summed E-state index contributed by atoms with van der Waals surface area (Å²) >= 11 is 0. The van der Waals surface area contributed by atoms with Gasteiger partial charge in [-0.05, 0) is 24.9 Å². The summed E-state index contributed by atoms with van der Waals surface area (Å²) < 4.78 is 0. The molecule has 0 unspecified atom stereocenters. The standard InChI is InChI=1S/C18H21N5/c1-22(18-17(12-19)20-9-10-21-18)16-8-5-11-23(14-16)13-15-6-3-2-4-7-15/h2-4,6-7,9-10,16H,5,8,11,13-14H2,1H3/t16-/m1/s1. The van der Waals surface area contributed by atoms with Crippen LogP contribution in [0, 0.1) is 11.3 Å². The van der Waals surface area contributed by atoms with Crippen LogP contribution in [-0.4, -0.2) is 41.0 Å². The molecule has 0 bridgehead atoms. The van der Waals surface area contributed by atoms with Crippen LogP contribution in [0.2, 0.25) is 0 Å². The molecule has 0 saturated carbocycles. The Morgan fingerprint density at radius 3 is 2.83 bits per heavy atom. The van der Waals surface area contributed by atoms with Crippen molar-refractivity contribution in [3.63, 3.8) is 0 Å². The van der Waals surface area contributed by atoms with Gasteiger partial charge in [0, 0.05) is 38.6 Å². The van der Waals surface area contributed by atoms with E-state index in [0.29, 0.717) is 17.6 Å². The number of anilines is 1. The molecule has 0 N–H and O–H groups in total. The maximum Gasteiger partial charge on any atom is 0.183 e. The van der Waals surface area contributed by atoms with Crippen LogP contribution in [0.4, 0.5) is 5.82 Å². The molecule has 23 heavy (non-hydrogen) atoms. The number of hydrogen-bond donors (Lipinski definition) is 0.